The summed E-state index contributed by atoms with van der Waals surface area (Å²) in [5.41, 5.74) is 8.25. The quantitative estimate of drug-likeness (QED) is 0.515. The second kappa shape index (κ2) is 2.89. The summed E-state index contributed by atoms with van der Waals surface area (Å²) >= 11 is 5.89. The predicted molar refractivity (Wildman–Crippen MR) is 55.9 cm³/mol. The molecule has 2 rings (SSSR count). The number of halogens is 1. The van der Waals surface area contributed by atoms with Crippen LogP contribution in [0.5, 0.6) is 0 Å². The predicted octanol–water partition coefficient (Wildman–Crippen LogP) is 2.78. The number of fused-ring (bicyclic) bond motifs is 1. The van der Waals surface area contributed by atoms with E-state index in [0.717, 1.165) is 22.2 Å². The minimum absolute atomic E-state index is 0.553. The lowest BCUT2D eigenvalue weighted by Crippen LogP contribution is -1.87. The largest absolute Gasteiger partial charge is 0.399 e. The number of benzene rings is 1. The molecule has 0 bridgehead atoms. The fourth-order valence-corrected chi connectivity index (χ4v) is 1.42. The molecule has 0 fully saturated rings. The third-order valence-electron chi connectivity index (χ3n) is 1.97. The average Bonchev–Trinajstić information content (AvgIpc) is 2.08. The molecular formula is C10H9ClN2. The van der Waals surface area contributed by atoms with Crippen molar-refractivity contribution >= 4 is 28.2 Å². The monoisotopic (exact) mass is 192 g/mol. The van der Waals surface area contributed by atoms with Crippen LogP contribution in [0.4, 0.5) is 5.69 Å². The molecule has 0 radical (unpaired) electrons. The number of nitrogens with two attached hydrogens (primary N) is 1. The highest BCUT2D eigenvalue weighted by atomic mass is 35.5. The smallest absolute Gasteiger partial charge is 0.132 e. The Morgan fingerprint density at radius 3 is 2.85 bits per heavy atom. The zero-order chi connectivity index (χ0) is 9.42. The van der Waals surface area contributed by atoms with Crippen LogP contribution >= 0.6 is 11.6 Å². The summed E-state index contributed by atoms with van der Waals surface area (Å²) in [4.78, 5) is 4.23. The number of aromatic nitrogens is 1. The minimum Gasteiger partial charge on any atom is -0.399 e. The maximum Gasteiger partial charge on any atom is 0.132 e. The van der Waals surface area contributed by atoms with Crippen molar-refractivity contribution in [2.75, 3.05) is 5.73 Å². The van der Waals surface area contributed by atoms with Crippen LogP contribution in [0.1, 0.15) is 5.56 Å². The van der Waals surface area contributed by atoms with E-state index in [1.165, 1.54) is 0 Å². The molecule has 0 saturated heterocycles. The normalized spacial score (nSPS) is 10.6. The van der Waals surface area contributed by atoms with Gasteiger partial charge in [-0.15, -0.1) is 0 Å². The van der Waals surface area contributed by atoms with Crippen molar-refractivity contribution in [2.45, 2.75) is 6.92 Å². The van der Waals surface area contributed by atoms with E-state index in [1.54, 1.807) is 0 Å². The summed E-state index contributed by atoms with van der Waals surface area (Å²) in [7, 11) is 0. The highest BCUT2D eigenvalue weighted by Crippen LogP contribution is 2.21. The summed E-state index contributed by atoms with van der Waals surface area (Å²) in [6, 6.07) is 7.57. The average molecular weight is 193 g/mol. The first-order valence-electron chi connectivity index (χ1n) is 3.99. The van der Waals surface area contributed by atoms with Crippen molar-refractivity contribution in [3.05, 3.63) is 35.0 Å². The molecule has 0 unspecified atom stereocenters. The molecule has 0 saturated carbocycles. The van der Waals surface area contributed by atoms with Crippen LogP contribution in [0.15, 0.2) is 24.3 Å². The number of nitrogens with zero attached hydrogens (tertiary/aromatic N) is 1. The van der Waals surface area contributed by atoms with Gasteiger partial charge in [-0.3, -0.25) is 0 Å². The van der Waals surface area contributed by atoms with Gasteiger partial charge in [0, 0.05) is 11.1 Å². The number of pyridine rings is 1. The first-order valence-corrected chi connectivity index (χ1v) is 4.37. The molecule has 0 aliphatic heterocycles. The van der Waals surface area contributed by atoms with Gasteiger partial charge in [-0.2, -0.15) is 0 Å². The zero-order valence-electron chi connectivity index (χ0n) is 7.21. The molecule has 2 N–H and O–H groups in total. The third kappa shape index (κ3) is 1.45. The number of anilines is 1. The fourth-order valence-electron chi connectivity index (χ4n) is 1.28. The Balaban J connectivity index is 2.81. The highest BCUT2D eigenvalue weighted by molar-refractivity contribution is 6.30. The van der Waals surface area contributed by atoms with Crippen molar-refractivity contribution < 1.29 is 0 Å². The molecule has 2 nitrogen and oxygen atoms in total. The Morgan fingerprint density at radius 2 is 2.08 bits per heavy atom. The molecular weight excluding hydrogens is 184 g/mol. The van der Waals surface area contributed by atoms with Gasteiger partial charge >= 0.3 is 0 Å². The Hall–Kier alpha value is -1.28. The van der Waals surface area contributed by atoms with Crippen LogP contribution in [0.2, 0.25) is 5.15 Å². The minimum atomic E-state index is 0.553. The summed E-state index contributed by atoms with van der Waals surface area (Å²) in [5.74, 6) is 0. The molecule has 13 heavy (non-hydrogen) atoms. The molecule has 3 heteroatoms. The maximum absolute atomic E-state index is 5.89. The third-order valence-corrected chi connectivity index (χ3v) is 2.35. The lowest BCUT2D eigenvalue weighted by atomic mass is 10.1. The Morgan fingerprint density at radius 1 is 1.31 bits per heavy atom. The van der Waals surface area contributed by atoms with Gasteiger partial charge in [0.15, 0.2) is 0 Å². The number of hydrogen-bond donors (Lipinski definition) is 1. The highest BCUT2D eigenvalue weighted by Gasteiger charge is 2.00. The summed E-state index contributed by atoms with van der Waals surface area (Å²) < 4.78 is 0. The lowest BCUT2D eigenvalue weighted by Gasteiger charge is -2.01. The summed E-state index contributed by atoms with van der Waals surface area (Å²) in [6.45, 7) is 1.93. The van der Waals surface area contributed by atoms with E-state index in [-0.39, 0.29) is 0 Å². The van der Waals surface area contributed by atoms with Gasteiger partial charge in [0.2, 0.25) is 0 Å². The van der Waals surface area contributed by atoms with Crippen molar-refractivity contribution in [2.24, 2.45) is 0 Å². The Kier molecular flexibility index (Phi) is 1.85. The molecule has 0 spiro atoms. The topological polar surface area (TPSA) is 38.9 Å². The molecule has 1 heterocycles. The zero-order valence-corrected chi connectivity index (χ0v) is 7.97. The summed E-state index contributed by atoms with van der Waals surface area (Å²) in [5, 5.41) is 1.58. The van der Waals surface area contributed by atoms with E-state index in [2.05, 4.69) is 4.98 Å². The van der Waals surface area contributed by atoms with Crippen molar-refractivity contribution in [3.8, 4) is 0 Å². The Bertz CT molecular complexity index is 466. The first-order chi connectivity index (χ1) is 6.16. The van der Waals surface area contributed by atoms with Crippen LogP contribution in [0.3, 0.4) is 0 Å². The van der Waals surface area contributed by atoms with Crippen LogP contribution in [0, 0.1) is 6.92 Å². The van der Waals surface area contributed by atoms with Crippen LogP contribution in [-0.4, -0.2) is 4.98 Å². The first kappa shape index (κ1) is 8.32. The van der Waals surface area contributed by atoms with E-state index < -0.39 is 0 Å². The van der Waals surface area contributed by atoms with Gasteiger partial charge in [-0.25, -0.2) is 4.98 Å². The molecule has 1 aromatic carbocycles. The molecule has 1 aromatic heterocycles. The van der Waals surface area contributed by atoms with E-state index in [4.69, 9.17) is 17.3 Å². The second-order valence-electron chi connectivity index (χ2n) is 3.05. The second-order valence-corrected chi connectivity index (χ2v) is 3.41. The molecule has 0 aliphatic carbocycles. The number of rotatable bonds is 0. The van der Waals surface area contributed by atoms with Gasteiger partial charge in [0.1, 0.15) is 5.15 Å². The van der Waals surface area contributed by atoms with E-state index in [1.807, 2.05) is 31.2 Å². The molecule has 0 aliphatic rings. The number of nitrogen functional groups attached to an aromatic ring is 1. The SMILES string of the molecule is Cc1cc2cc(N)ccc2nc1Cl. The van der Waals surface area contributed by atoms with Crippen molar-refractivity contribution in [1.82, 2.24) is 4.98 Å². The van der Waals surface area contributed by atoms with Gasteiger partial charge in [-0.1, -0.05) is 11.6 Å². The van der Waals surface area contributed by atoms with E-state index in [9.17, 15) is 0 Å². The van der Waals surface area contributed by atoms with Crippen molar-refractivity contribution in [3.63, 3.8) is 0 Å². The fraction of sp³-hybridized carbons (Fsp3) is 0.100. The summed E-state index contributed by atoms with van der Waals surface area (Å²) in [6.07, 6.45) is 0. The lowest BCUT2D eigenvalue weighted by molar-refractivity contribution is 1.33. The van der Waals surface area contributed by atoms with E-state index >= 15 is 0 Å². The number of hydrogen-bond acceptors (Lipinski definition) is 2. The molecule has 0 amide bonds. The van der Waals surface area contributed by atoms with Crippen LogP contribution in [-0.2, 0) is 0 Å². The number of aryl methyl sites for hydroxylation is 1. The van der Waals surface area contributed by atoms with Crippen LogP contribution < -0.4 is 5.73 Å². The standard InChI is InChI=1S/C10H9ClN2/c1-6-4-7-5-8(12)2-3-9(7)13-10(6)11/h2-5H,12H2,1H3. The van der Waals surface area contributed by atoms with Crippen molar-refractivity contribution in [1.29, 1.82) is 0 Å². The Labute approximate surface area is 81.3 Å². The van der Waals surface area contributed by atoms with Gasteiger partial charge in [-0.05, 0) is 36.8 Å². The molecule has 66 valence electrons. The molecule has 2 aromatic rings. The van der Waals surface area contributed by atoms with E-state index in [0.29, 0.717) is 5.15 Å². The molecule has 0 atom stereocenters. The van der Waals surface area contributed by atoms with Crippen LogP contribution in [0.25, 0.3) is 10.9 Å². The van der Waals surface area contributed by atoms with Gasteiger partial charge in [0.25, 0.3) is 0 Å². The van der Waals surface area contributed by atoms with Gasteiger partial charge < -0.3 is 5.73 Å². The van der Waals surface area contributed by atoms with Gasteiger partial charge in [0.05, 0.1) is 5.52 Å². The maximum atomic E-state index is 5.89.